The first-order valence-corrected chi connectivity index (χ1v) is 11.3. The van der Waals surface area contributed by atoms with Gasteiger partial charge in [-0.1, -0.05) is 48.0 Å². The van der Waals surface area contributed by atoms with Gasteiger partial charge in [0.1, 0.15) is 0 Å². The molecule has 30 heavy (non-hydrogen) atoms. The number of thioether (sulfide) groups is 1. The molecule has 1 fully saturated rings. The van der Waals surface area contributed by atoms with E-state index in [4.69, 9.17) is 11.6 Å². The summed E-state index contributed by atoms with van der Waals surface area (Å²) in [6, 6.07) is 15.1. The van der Waals surface area contributed by atoms with Crippen LogP contribution < -0.4 is 10.2 Å². The molecule has 0 aromatic heterocycles. The molecule has 0 saturated carbocycles. The van der Waals surface area contributed by atoms with Crippen LogP contribution in [0.25, 0.3) is 0 Å². The van der Waals surface area contributed by atoms with E-state index >= 15 is 0 Å². The number of hydrogen-bond acceptors (Lipinski definition) is 3. The van der Waals surface area contributed by atoms with Crippen LogP contribution in [0.1, 0.15) is 38.8 Å². The molecule has 1 N–H and O–H groups in total. The van der Waals surface area contributed by atoms with Gasteiger partial charge in [-0.05, 0) is 45.4 Å². The van der Waals surface area contributed by atoms with Crippen LogP contribution in [0.3, 0.4) is 0 Å². The molecule has 0 radical (unpaired) electrons. The number of anilines is 1. The van der Waals surface area contributed by atoms with Crippen LogP contribution >= 0.6 is 23.4 Å². The average Bonchev–Trinajstić information content (AvgIpc) is 3.10. The highest BCUT2D eigenvalue weighted by molar-refractivity contribution is 8.02. The molecule has 1 spiro atoms. The highest BCUT2D eigenvalue weighted by atomic mass is 35.5. The molecular weight excluding hydrogens is 418 g/mol. The Labute approximate surface area is 186 Å². The van der Waals surface area contributed by atoms with Crippen LogP contribution in [0.4, 0.5) is 10.5 Å². The summed E-state index contributed by atoms with van der Waals surface area (Å²) >= 11 is 7.94. The third kappa shape index (κ3) is 3.36. The van der Waals surface area contributed by atoms with Gasteiger partial charge in [-0.3, -0.25) is 9.69 Å². The van der Waals surface area contributed by atoms with Gasteiger partial charge in [-0.25, -0.2) is 4.79 Å². The second-order valence-corrected chi connectivity index (χ2v) is 11.0. The second kappa shape index (κ2) is 7.50. The van der Waals surface area contributed by atoms with Gasteiger partial charge in [0.15, 0.2) is 4.87 Å². The summed E-state index contributed by atoms with van der Waals surface area (Å²) < 4.78 is -0.266. The molecule has 2 aliphatic rings. The molecule has 2 heterocycles. The third-order valence-corrected chi connectivity index (χ3v) is 7.34. The molecule has 1 atom stereocenters. The number of amides is 3. The van der Waals surface area contributed by atoms with E-state index in [0.717, 1.165) is 16.8 Å². The van der Waals surface area contributed by atoms with Gasteiger partial charge in [0.25, 0.3) is 5.91 Å². The van der Waals surface area contributed by atoms with E-state index in [2.05, 4.69) is 19.2 Å². The highest BCUT2D eigenvalue weighted by Crippen LogP contribution is 2.59. The number of para-hydroxylation sites is 1. The maximum Gasteiger partial charge on any atom is 0.319 e. The summed E-state index contributed by atoms with van der Waals surface area (Å²) in [5, 5.41) is 3.60. The van der Waals surface area contributed by atoms with E-state index in [1.165, 1.54) is 0 Å². The number of halogens is 1. The Kier molecular flexibility index (Phi) is 5.27. The van der Waals surface area contributed by atoms with Gasteiger partial charge in [-0.15, -0.1) is 11.8 Å². The molecule has 0 aliphatic carbocycles. The normalized spacial score (nSPS) is 22.1. The Morgan fingerprint density at radius 1 is 1.17 bits per heavy atom. The lowest BCUT2D eigenvalue weighted by molar-refractivity contribution is -0.123. The number of nitrogens with one attached hydrogen (secondary N) is 1. The molecule has 0 bridgehead atoms. The molecule has 2 aromatic rings. The molecule has 4 rings (SSSR count). The Balaban J connectivity index is 1.82. The summed E-state index contributed by atoms with van der Waals surface area (Å²) in [5.74, 6) is -0.0990. The van der Waals surface area contributed by atoms with Gasteiger partial charge >= 0.3 is 6.03 Å². The topological polar surface area (TPSA) is 52.7 Å². The molecule has 1 saturated heterocycles. The number of urea groups is 1. The van der Waals surface area contributed by atoms with Gasteiger partial charge in [0.2, 0.25) is 0 Å². The number of rotatable bonds is 3. The Morgan fingerprint density at radius 3 is 2.53 bits per heavy atom. The Hall–Kier alpha value is -2.18. The maximum absolute atomic E-state index is 14.0. The molecular formula is C23H26ClN3O2S. The lowest BCUT2D eigenvalue weighted by Gasteiger charge is -2.33. The van der Waals surface area contributed by atoms with E-state index in [-0.39, 0.29) is 22.7 Å². The predicted octanol–water partition coefficient (Wildman–Crippen LogP) is 4.99. The Morgan fingerprint density at radius 2 is 1.83 bits per heavy atom. The van der Waals surface area contributed by atoms with Crippen molar-refractivity contribution in [3.8, 4) is 0 Å². The van der Waals surface area contributed by atoms with Crippen LogP contribution in [-0.4, -0.2) is 34.2 Å². The van der Waals surface area contributed by atoms with Crippen LogP contribution in [0.15, 0.2) is 48.5 Å². The zero-order valence-corrected chi connectivity index (χ0v) is 19.2. The summed E-state index contributed by atoms with van der Waals surface area (Å²) in [6.07, 6.45) is 0. The number of benzene rings is 2. The minimum absolute atomic E-state index is 0.0192. The van der Waals surface area contributed by atoms with Crippen LogP contribution in [-0.2, 0) is 16.2 Å². The lowest BCUT2D eigenvalue weighted by Crippen LogP contribution is -2.54. The fraction of sp³-hybridized carbons (Fsp3) is 0.391. The maximum atomic E-state index is 14.0. The summed E-state index contributed by atoms with van der Waals surface area (Å²) in [4.78, 5) is 29.6. The largest absolute Gasteiger partial charge is 0.336 e. The Bertz CT molecular complexity index is 1010. The van der Waals surface area contributed by atoms with E-state index in [1.54, 1.807) is 21.6 Å². The van der Waals surface area contributed by atoms with Crippen molar-refractivity contribution in [2.24, 2.45) is 0 Å². The molecule has 2 aliphatic heterocycles. The SMILES string of the molecule is CC(C)NC(=O)N1CC(C)(C)SC12C(=O)N(Cc1ccccc1Cl)c1ccccc12. The molecule has 5 nitrogen and oxygen atoms in total. The molecule has 3 amide bonds. The predicted molar refractivity (Wildman–Crippen MR) is 123 cm³/mol. The zero-order valence-electron chi connectivity index (χ0n) is 17.6. The first-order chi connectivity index (χ1) is 14.2. The van der Waals surface area contributed by atoms with E-state index < -0.39 is 4.87 Å². The van der Waals surface area contributed by atoms with Crippen molar-refractivity contribution < 1.29 is 9.59 Å². The van der Waals surface area contributed by atoms with E-state index in [0.29, 0.717) is 18.1 Å². The number of carbonyl (C=O) groups excluding carboxylic acids is 2. The quantitative estimate of drug-likeness (QED) is 0.727. The molecule has 158 valence electrons. The van der Waals surface area contributed by atoms with Crippen molar-refractivity contribution in [1.29, 1.82) is 0 Å². The van der Waals surface area contributed by atoms with Crippen LogP contribution in [0, 0.1) is 0 Å². The van der Waals surface area contributed by atoms with Crippen molar-refractivity contribution in [2.45, 2.75) is 49.9 Å². The number of nitrogens with zero attached hydrogens (tertiary/aromatic N) is 2. The first kappa shape index (κ1) is 21.1. The van der Waals surface area contributed by atoms with Gasteiger partial charge < -0.3 is 10.2 Å². The lowest BCUT2D eigenvalue weighted by atomic mass is 10.0. The van der Waals surface area contributed by atoms with E-state index in [1.807, 2.05) is 62.4 Å². The fourth-order valence-electron chi connectivity index (χ4n) is 4.24. The van der Waals surface area contributed by atoms with Crippen molar-refractivity contribution in [3.63, 3.8) is 0 Å². The average molecular weight is 444 g/mol. The molecule has 7 heteroatoms. The second-order valence-electron chi connectivity index (χ2n) is 8.70. The van der Waals surface area contributed by atoms with Crippen LogP contribution in [0.5, 0.6) is 0 Å². The van der Waals surface area contributed by atoms with Crippen molar-refractivity contribution in [2.75, 3.05) is 11.4 Å². The highest BCUT2D eigenvalue weighted by Gasteiger charge is 2.63. The zero-order chi connectivity index (χ0) is 21.7. The fourth-order valence-corrected chi connectivity index (χ4v) is 6.16. The number of fused-ring (bicyclic) bond motifs is 2. The smallest absolute Gasteiger partial charge is 0.319 e. The van der Waals surface area contributed by atoms with Gasteiger partial charge in [0, 0.05) is 27.9 Å². The number of carbonyl (C=O) groups is 2. The van der Waals surface area contributed by atoms with Crippen molar-refractivity contribution in [3.05, 3.63) is 64.7 Å². The first-order valence-electron chi connectivity index (χ1n) is 10.1. The summed E-state index contributed by atoms with van der Waals surface area (Å²) in [5.41, 5.74) is 2.56. The standard InChI is InChI=1S/C23H26ClN3O2S/c1-15(2)25-21(29)27-14-22(3,4)30-23(27)17-10-6-8-12-19(17)26(20(23)28)13-16-9-5-7-11-18(16)24/h5-12,15H,13-14H2,1-4H3,(H,25,29). The van der Waals surface area contributed by atoms with Crippen LogP contribution in [0.2, 0.25) is 5.02 Å². The van der Waals surface area contributed by atoms with Crippen molar-refractivity contribution >= 4 is 41.0 Å². The third-order valence-electron chi connectivity index (χ3n) is 5.38. The molecule has 1 unspecified atom stereocenters. The summed E-state index contributed by atoms with van der Waals surface area (Å²) in [6.45, 7) is 8.84. The minimum atomic E-state index is -1.08. The van der Waals surface area contributed by atoms with E-state index in [9.17, 15) is 9.59 Å². The van der Waals surface area contributed by atoms with Gasteiger partial charge in [-0.2, -0.15) is 0 Å². The minimum Gasteiger partial charge on any atom is -0.336 e. The van der Waals surface area contributed by atoms with Gasteiger partial charge in [0.05, 0.1) is 12.2 Å². The van der Waals surface area contributed by atoms with Crippen molar-refractivity contribution in [1.82, 2.24) is 10.2 Å². The monoisotopic (exact) mass is 443 g/mol. The molecule has 2 aromatic carbocycles. The number of hydrogen-bond donors (Lipinski definition) is 1. The summed E-state index contributed by atoms with van der Waals surface area (Å²) in [7, 11) is 0.